The first kappa shape index (κ1) is 22.1. The lowest BCUT2D eigenvalue weighted by Crippen LogP contribution is -2.41. The topological polar surface area (TPSA) is 80.3 Å². The molecule has 0 unspecified atom stereocenters. The molecule has 0 amide bonds. The van der Waals surface area contributed by atoms with E-state index in [0.29, 0.717) is 15.8 Å². The Labute approximate surface area is 174 Å². The standard InChI is InChI=1S/C18H22Br2O7/c1-9(2)15(20)18(10-6-7-12(23-3)11(19)8-10)26-13(16(21)24-4)14(27-18)17(22)25-5/h6-9,13-15H,1-5H3/t13-,14-,15+/m1/s1. The minimum Gasteiger partial charge on any atom is -0.496 e. The van der Waals surface area contributed by atoms with Gasteiger partial charge in [0.25, 0.3) is 0 Å². The van der Waals surface area contributed by atoms with Crippen molar-refractivity contribution in [3.05, 3.63) is 28.2 Å². The first-order chi connectivity index (χ1) is 12.7. The summed E-state index contributed by atoms with van der Waals surface area (Å²) in [4.78, 5) is 24.1. The van der Waals surface area contributed by atoms with Crippen molar-refractivity contribution in [3.8, 4) is 5.75 Å². The van der Waals surface area contributed by atoms with Gasteiger partial charge < -0.3 is 23.7 Å². The number of alkyl halides is 1. The van der Waals surface area contributed by atoms with Crippen LogP contribution in [0.5, 0.6) is 5.75 Å². The fourth-order valence-corrected chi connectivity index (χ4v) is 3.87. The number of hydrogen-bond acceptors (Lipinski definition) is 7. The van der Waals surface area contributed by atoms with Crippen molar-refractivity contribution in [2.24, 2.45) is 5.92 Å². The predicted octanol–water partition coefficient (Wildman–Crippen LogP) is 3.16. The van der Waals surface area contributed by atoms with Gasteiger partial charge in [0.2, 0.25) is 5.79 Å². The van der Waals surface area contributed by atoms with Crippen LogP contribution in [0.25, 0.3) is 0 Å². The summed E-state index contributed by atoms with van der Waals surface area (Å²) in [5.41, 5.74) is 0.603. The molecule has 0 N–H and O–H groups in total. The Bertz CT molecular complexity index is 683. The Morgan fingerprint density at radius 2 is 1.59 bits per heavy atom. The van der Waals surface area contributed by atoms with Crippen LogP contribution in [0.15, 0.2) is 22.7 Å². The van der Waals surface area contributed by atoms with Crippen LogP contribution in [0, 0.1) is 5.92 Å². The van der Waals surface area contributed by atoms with Gasteiger partial charge in [0, 0.05) is 5.56 Å². The summed E-state index contributed by atoms with van der Waals surface area (Å²) < 4.78 is 27.7. The molecule has 0 aliphatic carbocycles. The molecule has 0 radical (unpaired) electrons. The van der Waals surface area contributed by atoms with Crippen molar-refractivity contribution in [2.75, 3.05) is 21.3 Å². The lowest BCUT2D eigenvalue weighted by Gasteiger charge is -2.35. The number of methoxy groups -OCH3 is 3. The number of benzene rings is 1. The fourth-order valence-electron chi connectivity index (χ4n) is 2.85. The van der Waals surface area contributed by atoms with Gasteiger partial charge in [-0.05, 0) is 40.0 Å². The van der Waals surface area contributed by atoms with Crippen LogP contribution in [0.1, 0.15) is 19.4 Å². The Morgan fingerprint density at radius 3 is 1.96 bits per heavy atom. The van der Waals surface area contributed by atoms with Gasteiger partial charge in [0.05, 0.1) is 30.6 Å². The first-order valence-corrected chi connectivity index (χ1v) is 9.92. The average molecular weight is 510 g/mol. The number of carbonyl (C=O) groups excluding carboxylic acids is 2. The molecular weight excluding hydrogens is 488 g/mol. The van der Waals surface area contributed by atoms with Crippen molar-refractivity contribution in [2.45, 2.75) is 36.7 Å². The zero-order chi connectivity index (χ0) is 20.4. The number of rotatable bonds is 6. The molecular formula is C18H22Br2O7. The Hall–Kier alpha value is -1.16. The van der Waals surface area contributed by atoms with Gasteiger partial charge in [-0.1, -0.05) is 29.8 Å². The largest absolute Gasteiger partial charge is 0.496 e. The van der Waals surface area contributed by atoms with Gasteiger partial charge in [-0.25, -0.2) is 9.59 Å². The van der Waals surface area contributed by atoms with Gasteiger partial charge in [0.15, 0.2) is 12.2 Å². The Balaban J connectivity index is 2.59. The average Bonchev–Trinajstić information content (AvgIpc) is 3.07. The highest BCUT2D eigenvalue weighted by molar-refractivity contribution is 9.10. The highest BCUT2D eigenvalue weighted by Crippen LogP contribution is 2.47. The number of carbonyl (C=O) groups is 2. The van der Waals surface area contributed by atoms with Crippen LogP contribution in [0.2, 0.25) is 0 Å². The van der Waals surface area contributed by atoms with Crippen LogP contribution in [0.3, 0.4) is 0 Å². The van der Waals surface area contributed by atoms with Crippen LogP contribution >= 0.6 is 31.9 Å². The van der Waals surface area contributed by atoms with Gasteiger partial charge in [-0.3, -0.25) is 0 Å². The lowest BCUT2D eigenvalue weighted by atomic mass is 9.95. The second-order valence-electron chi connectivity index (χ2n) is 6.29. The molecule has 0 aromatic heterocycles. The van der Waals surface area contributed by atoms with Crippen molar-refractivity contribution < 1.29 is 33.3 Å². The molecule has 9 heteroatoms. The van der Waals surface area contributed by atoms with E-state index in [1.807, 2.05) is 13.8 Å². The number of esters is 2. The first-order valence-electron chi connectivity index (χ1n) is 8.21. The highest BCUT2D eigenvalue weighted by Gasteiger charge is 2.59. The maximum atomic E-state index is 12.2. The maximum Gasteiger partial charge on any atom is 0.338 e. The summed E-state index contributed by atoms with van der Waals surface area (Å²) in [5.74, 6) is -2.19. The minimum atomic E-state index is -1.42. The molecule has 1 saturated heterocycles. The third kappa shape index (κ3) is 4.16. The van der Waals surface area contributed by atoms with E-state index in [1.54, 1.807) is 25.3 Å². The molecule has 0 saturated carbocycles. The molecule has 1 aromatic carbocycles. The Kier molecular flexibility index (Phi) is 7.29. The number of halogens is 2. The van der Waals surface area contributed by atoms with Crippen LogP contribution in [-0.4, -0.2) is 50.3 Å². The molecule has 1 aliphatic heterocycles. The molecule has 3 atom stereocenters. The van der Waals surface area contributed by atoms with E-state index in [9.17, 15) is 9.59 Å². The van der Waals surface area contributed by atoms with Gasteiger partial charge in [0.1, 0.15) is 5.75 Å². The summed E-state index contributed by atoms with van der Waals surface area (Å²) in [6, 6.07) is 5.27. The molecule has 1 aromatic rings. The molecule has 150 valence electrons. The van der Waals surface area contributed by atoms with Crippen LogP contribution < -0.4 is 4.74 Å². The third-order valence-electron chi connectivity index (χ3n) is 4.25. The highest BCUT2D eigenvalue weighted by atomic mass is 79.9. The van der Waals surface area contributed by atoms with Crippen LogP contribution in [-0.2, 0) is 34.3 Å². The third-order valence-corrected chi connectivity index (χ3v) is 6.53. The molecule has 0 bridgehead atoms. The van der Waals surface area contributed by atoms with Crippen LogP contribution in [0.4, 0.5) is 0 Å². The molecule has 1 fully saturated rings. The van der Waals surface area contributed by atoms with Crippen molar-refractivity contribution in [1.82, 2.24) is 0 Å². The SMILES string of the molecule is COC(=O)[C@@H]1OC(c2ccc(OC)c(Br)c2)([C@@H](Br)C(C)C)O[C@H]1C(=O)OC. The zero-order valence-corrected chi connectivity index (χ0v) is 18.8. The normalized spacial score (nSPS) is 22.4. The summed E-state index contributed by atoms with van der Waals surface area (Å²) in [5, 5.41) is 0. The van der Waals surface area contributed by atoms with Gasteiger partial charge in [-0.15, -0.1) is 0 Å². The summed E-state index contributed by atoms with van der Waals surface area (Å²) in [7, 11) is 4.00. The molecule has 2 rings (SSSR count). The zero-order valence-electron chi connectivity index (χ0n) is 15.7. The molecule has 7 nitrogen and oxygen atoms in total. The van der Waals surface area contributed by atoms with E-state index in [4.69, 9.17) is 23.7 Å². The molecule has 1 heterocycles. The van der Waals surface area contributed by atoms with E-state index < -0.39 is 29.9 Å². The van der Waals surface area contributed by atoms with Crippen molar-refractivity contribution >= 4 is 43.8 Å². The van der Waals surface area contributed by atoms with E-state index >= 15 is 0 Å². The van der Waals surface area contributed by atoms with E-state index in [2.05, 4.69) is 31.9 Å². The monoisotopic (exact) mass is 508 g/mol. The van der Waals surface area contributed by atoms with E-state index in [-0.39, 0.29) is 10.7 Å². The van der Waals surface area contributed by atoms with E-state index in [0.717, 1.165) is 0 Å². The number of ether oxygens (including phenoxy) is 5. The molecule has 1 aliphatic rings. The minimum absolute atomic E-state index is 0.0422. The quantitative estimate of drug-likeness (QED) is 0.430. The van der Waals surface area contributed by atoms with E-state index in [1.165, 1.54) is 14.2 Å². The lowest BCUT2D eigenvalue weighted by molar-refractivity contribution is -0.198. The predicted molar refractivity (Wildman–Crippen MR) is 104 cm³/mol. The molecule has 0 spiro atoms. The second-order valence-corrected chi connectivity index (χ2v) is 8.13. The van der Waals surface area contributed by atoms with Gasteiger partial charge >= 0.3 is 11.9 Å². The smallest absolute Gasteiger partial charge is 0.338 e. The van der Waals surface area contributed by atoms with Gasteiger partial charge in [-0.2, -0.15) is 0 Å². The summed E-state index contributed by atoms with van der Waals surface area (Å²) >= 11 is 7.06. The van der Waals surface area contributed by atoms with Crippen molar-refractivity contribution in [3.63, 3.8) is 0 Å². The van der Waals surface area contributed by atoms with Crippen molar-refractivity contribution in [1.29, 1.82) is 0 Å². The maximum absolute atomic E-state index is 12.2. The number of hydrogen-bond donors (Lipinski definition) is 0. The summed E-state index contributed by atoms with van der Waals surface area (Å²) in [6.45, 7) is 3.93. The molecule has 27 heavy (non-hydrogen) atoms. The fraction of sp³-hybridized carbons (Fsp3) is 0.556. The summed E-state index contributed by atoms with van der Waals surface area (Å²) in [6.07, 6.45) is -2.52. The Morgan fingerprint density at radius 1 is 1.07 bits per heavy atom. The second kappa shape index (κ2) is 8.89.